The number of quaternary nitrogens is 1. The van der Waals surface area contributed by atoms with Gasteiger partial charge in [-0.05, 0) is 25.5 Å². The number of carbonyl (C=O) groups excluding carboxylic acids is 1. The van der Waals surface area contributed by atoms with E-state index in [2.05, 4.69) is 14.1 Å². The molecular weight excluding hydrogens is 374 g/mol. The predicted molar refractivity (Wildman–Crippen MR) is 111 cm³/mol. The maximum absolute atomic E-state index is 13.4. The summed E-state index contributed by atoms with van der Waals surface area (Å²) >= 11 is 1.50. The van der Waals surface area contributed by atoms with Crippen LogP contribution in [0, 0.1) is 13.8 Å². The Kier molecular flexibility index (Phi) is 4.95. The molecule has 0 unspecified atom stereocenters. The number of hydrogen-bond donors (Lipinski definition) is 1. The summed E-state index contributed by atoms with van der Waals surface area (Å²) in [6.45, 7) is 5.68. The summed E-state index contributed by atoms with van der Waals surface area (Å²) in [6.07, 6.45) is 0. The Morgan fingerprint density at radius 3 is 2.64 bits per heavy atom. The van der Waals surface area contributed by atoms with Crippen LogP contribution in [0.3, 0.4) is 0 Å². The Hall–Kier alpha value is -2.64. The molecule has 1 aromatic heterocycles. The molecule has 7 heteroatoms. The van der Waals surface area contributed by atoms with Gasteiger partial charge in [0, 0.05) is 17.7 Å². The van der Waals surface area contributed by atoms with Gasteiger partial charge in [0.1, 0.15) is 0 Å². The number of thiazole rings is 1. The highest BCUT2D eigenvalue weighted by molar-refractivity contribution is 7.22. The fourth-order valence-electron chi connectivity index (χ4n) is 3.24. The molecule has 1 aliphatic heterocycles. The topological polar surface area (TPSA) is 56.1 Å². The van der Waals surface area contributed by atoms with Crippen molar-refractivity contribution in [1.29, 1.82) is 0 Å². The van der Waals surface area contributed by atoms with Crippen molar-refractivity contribution >= 4 is 32.6 Å². The highest BCUT2D eigenvalue weighted by Gasteiger charge is 2.24. The third-order valence-electron chi connectivity index (χ3n) is 4.80. The molecule has 146 valence electrons. The second-order valence-electron chi connectivity index (χ2n) is 7.40. The van der Waals surface area contributed by atoms with Gasteiger partial charge in [-0.15, -0.1) is 0 Å². The van der Waals surface area contributed by atoms with Crippen molar-refractivity contribution in [2.45, 2.75) is 13.8 Å². The number of hydrogen-bond acceptors (Lipinski definition) is 5. The zero-order valence-corrected chi connectivity index (χ0v) is 17.4. The van der Waals surface area contributed by atoms with E-state index in [1.165, 1.54) is 16.2 Å². The third kappa shape index (κ3) is 3.55. The van der Waals surface area contributed by atoms with Gasteiger partial charge >= 0.3 is 0 Å². The van der Waals surface area contributed by atoms with Gasteiger partial charge in [0.2, 0.25) is 6.79 Å². The fraction of sp³-hybridized carbons (Fsp3) is 0.333. The fourth-order valence-corrected chi connectivity index (χ4v) is 4.24. The lowest BCUT2D eigenvalue weighted by atomic mass is 10.0. The molecule has 0 saturated carbocycles. The van der Waals surface area contributed by atoms with Crippen LogP contribution >= 0.6 is 11.3 Å². The van der Waals surface area contributed by atoms with E-state index in [4.69, 9.17) is 14.5 Å². The normalized spacial score (nSPS) is 12.8. The first-order valence-electron chi connectivity index (χ1n) is 9.30. The van der Waals surface area contributed by atoms with Gasteiger partial charge in [-0.3, -0.25) is 9.69 Å². The summed E-state index contributed by atoms with van der Waals surface area (Å²) in [4.78, 5) is 21.2. The van der Waals surface area contributed by atoms with Crippen LogP contribution in [-0.4, -0.2) is 44.9 Å². The lowest BCUT2D eigenvalue weighted by Crippen LogP contribution is -3.06. The molecule has 1 N–H and O–H groups in total. The highest BCUT2D eigenvalue weighted by atomic mass is 32.1. The number of ether oxygens (including phenoxy) is 2. The van der Waals surface area contributed by atoms with Crippen LogP contribution in [0.5, 0.6) is 11.5 Å². The van der Waals surface area contributed by atoms with Crippen LogP contribution < -0.4 is 19.3 Å². The predicted octanol–water partition coefficient (Wildman–Crippen LogP) is 2.43. The van der Waals surface area contributed by atoms with Crippen molar-refractivity contribution in [3.8, 4) is 11.5 Å². The molecule has 4 rings (SSSR count). The van der Waals surface area contributed by atoms with Crippen molar-refractivity contribution in [2.24, 2.45) is 0 Å². The van der Waals surface area contributed by atoms with Gasteiger partial charge in [-0.1, -0.05) is 29.0 Å². The molecule has 2 aromatic carbocycles. The van der Waals surface area contributed by atoms with Crippen LogP contribution in [0.25, 0.3) is 10.2 Å². The molecule has 1 aliphatic rings. The summed E-state index contributed by atoms with van der Waals surface area (Å²) in [5, 5.41) is 0.699. The molecule has 0 bridgehead atoms. The molecule has 0 fully saturated rings. The van der Waals surface area contributed by atoms with Crippen LogP contribution in [0.4, 0.5) is 5.13 Å². The largest absolute Gasteiger partial charge is 0.454 e. The van der Waals surface area contributed by atoms with Gasteiger partial charge in [-0.25, -0.2) is 4.98 Å². The van der Waals surface area contributed by atoms with Gasteiger partial charge < -0.3 is 14.4 Å². The number of fused-ring (bicyclic) bond motifs is 2. The number of rotatable bonds is 5. The number of carbonyl (C=O) groups is 1. The highest BCUT2D eigenvalue weighted by Crippen LogP contribution is 2.40. The monoisotopic (exact) mass is 398 g/mol. The van der Waals surface area contributed by atoms with Crippen LogP contribution in [0.2, 0.25) is 0 Å². The molecule has 0 spiro atoms. The summed E-state index contributed by atoms with van der Waals surface area (Å²) in [6, 6.07) is 9.75. The minimum atomic E-state index is -0.0159. The number of amides is 1. The summed E-state index contributed by atoms with van der Waals surface area (Å²) in [5.74, 6) is 1.42. The van der Waals surface area contributed by atoms with Crippen molar-refractivity contribution in [3.63, 3.8) is 0 Å². The summed E-state index contributed by atoms with van der Waals surface area (Å²) in [7, 11) is 4.16. The summed E-state index contributed by atoms with van der Waals surface area (Å²) < 4.78 is 11.9. The van der Waals surface area contributed by atoms with Gasteiger partial charge in [0.15, 0.2) is 16.6 Å². The molecule has 0 aliphatic carbocycles. The number of nitrogens with one attached hydrogen (secondary N) is 1. The zero-order chi connectivity index (χ0) is 19.8. The van der Waals surface area contributed by atoms with E-state index in [9.17, 15) is 4.79 Å². The van der Waals surface area contributed by atoms with Crippen molar-refractivity contribution in [1.82, 2.24) is 4.98 Å². The molecule has 0 radical (unpaired) electrons. The van der Waals surface area contributed by atoms with Crippen molar-refractivity contribution in [3.05, 3.63) is 47.0 Å². The quantitative estimate of drug-likeness (QED) is 0.717. The van der Waals surface area contributed by atoms with Gasteiger partial charge in [-0.2, -0.15) is 0 Å². The zero-order valence-electron chi connectivity index (χ0n) is 16.5. The van der Waals surface area contributed by atoms with E-state index in [1.54, 1.807) is 4.90 Å². The molecule has 6 nitrogen and oxygen atoms in total. The van der Waals surface area contributed by atoms with Gasteiger partial charge in [0.05, 0.1) is 37.4 Å². The van der Waals surface area contributed by atoms with E-state index in [-0.39, 0.29) is 12.7 Å². The lowest BCUT2D eigenvalue weighted by Gasteiger charge is -2.21. The number of benzene rings is 2. The van der Waals surface area contributed by atoms with E-state index in [1.807, 2.05) is 44.2 Å². The Morgan fingerprint density at radius 2 is 1.93 bits per heavy atom. The second kappa shape index (κ2) is 7.41. The molecule has 2 heterocycles. The maximum atomic E-state index is 13.4. The van der Waals surface area contributed by atoms with Gasteiger partial charge in [0.25, 0.3) is 5.91 Å². The lowest BCUT2D eigenvalue weighted by molar-refractivity contribution is -0.856. The number of nitrogens with zero attached hydrogens (tertiary/aromatic N) is 2. The molecule has 3 aromatic rings. The van der Waals surface area contributed by atoms with E-state index < -0.39 is 0 Å². The molecule has 0 atom stereocenters. The smallest absolute Gasteiger partial charge is 0.260 e. The first kappa shape index (κ1) is 18.7. The number of anilines is 1. The van der Waals surface area contributed by atoms with Crippen LogP contribution in [0.15, 0.2) is 30.3 Å². The number of aromatic nitrogens is 1. The Balaban J connectivity index is 1.73. The number of likely N-dealkylation sites (N-methyl/N-ethyl adjacent to an activating group) is 1. The Morgan fingerprint density at radius 1 is 1.18 bits per heavy atom. The summed E-state index contributed by atoms with van der Waals surface area (Å²) in [5.41, 5.74) is 3.66. The van der Waals surface area contributed by atoms with Crippen molar-refractivity contribution < 1.29 is 19.2 Å². The van der Waals surface area contributed by atoms with Crippen LogP contribution in [-0.2, 0) is 0 Å². The van der Waals surface area contributed by atoms with E-state index >= 15 is 0 Å². The average Bonchev–Trinajstić information content (AvgIpc) is 3.24. The first-order valence-corrected chi connectivity index (χ1v) is 10.1. The Labute approximate surface area is 168 Å². The molecule has 28 heavy (non-hydrogen) atoms. The minimum absolute atomic E-state index is 0.0159. The van der Waals surface area contributed by atoms with Crippen LogP contribution in [0.1, 0.15) is 21.5 Å². The maximum Gasteiger partial charge on any atom is 0.260 e. The van der Waals surface area contributed by atoms with E-state index in [0.717, 1.165) is 33.6 Å². The minimum Gasteiger partial charge on any atom is -0.454 e. The molecule has 0 saturated heterocycles. The standard InChI is InChI=1S/C21H23N3O3S/c1-13-5-6-15(14(2)9-13)20(25)24(8-7-23(3)4)21-22-16-10-17-18(27-12-26-17)11-19(16)28-21/h5-6,9-11H,7-8,12H2,1-4H3/p+1. The molecule has 1 amide bonds. The molecular formula is C21H24N3O3S+. The second-order valence-corrected chi connectivity index (χ2v) is 8.41. The van der Waals surface area contributed by atoms with E-state index in [0.29, 0.717) is 23.0 Å². The average molecular weight is 399 g/mol. The Bertz CT molecular complexity index is 1000. The van der Waals surface area contributed by atoms with Crippen molar-refractivity contribution in [2.75, 3.05) is 38.9 Å². The SMILES string of the molecule is Cc1ccc(C(=O)N(CC[NH+](C)C)c2nc3cc4c(cc3s2)OCO4)c(C)c1. The third-order valence-corrected chi connectivity index (χ3v) is 5.84. The first-order chi connectivity index (χ1) is 13.4. The number of aryl methyl sites for hydroxylation is 2.